The maximum Gasteiger partial charge on any atom is 0.416 e. The Labute approximate surface area is 152 Å². The summed E-state index contributed by atoms with van der Waals surface area (Å²) in [7, 11) is 0. The number of carbonyl (C=O) groups excluding carboxylic acids is 1. The molecule has 0 fully saturated rings. The molecule has 0 aliphatic rings. The first-order valence-electron chi connectivity index (χ1n) is 8.02. The molecule has 1 heterocycles. The SMILES string of the molecule is CC(NC(=O)c1cncn1-c1ccc(F)cc1)c1cccc(C(F)(F)F)c1. The second kappa shape index (κ2) is 7.22. The molecule has 3 aromatic rings. The molecule has 1 N–H and O–H groups in total. The third kappa shape index (κ3) is 4.16. The van der Waals surface area contributed by atoms with E-state index in [4.69, 9.17) is 0 Å². The average molecular weight is 377 g/mol. The van der Waals surface area contributed by atoms with Crippen molar-refractivity contribution in [2.75, 3.05) is 0 Å². The lowest BCUT2D eigenvalue weighted by molar-refractivity contribution is -0.137. The molecule has 3 rings (SSSR count). The standard InChI is InChI=1S/C19H15F4N3O/c1-12(13-3-2-4-14(9-13)19(21,22)23)25-18(27)17-10-24-11-26(17)16-7-5-15(20)6-8-16/h2-12H,1H3,(H,25,27). The van der Waals surface area contributed by atoms with E-state index < -0.39 is 29.5 Å². The zero-order chi connectivity index (χ0) is 19.6. The van der Waals surface area contributed by atoms with Crippen LogP contribution in [-0.4, -0.2) is 15.5 Å². The Kier molecular flexibility index (Phi) is 4.98. The van der Waals surface area contributed by atoms with Crippen LogP contribution in [0.4, 0.5) is 17.6 Å². The van der Waals surface area contributed by atoms with Crippen LogP contribution in [-0.2, 0) is 6.18 Å². The van der Waals surface area contributed by atoms with Crippen molar-refractivity contribution in [3.8, 4) is 5.69 Å². The summed E-state index contributed by atoms with van der Waals surface area (Å²) in [6.07, 6.45) is -1.73. The number of nitrogens with one attached hydrogen (secondary N) is 1. The Hall–Kier alpha value is -3.16. The zero-order valence-electron chi connectivity index (χ0n) is 14.2. The van der Waals surface area contributed by atoms with E-state index in [-0.39, 0.29) is 5.69 Å². The first-order valence-corrected chi connectivity index (χ1v) is 8.02. The van der Waals surface area contributed by atoms with E-state index in [2.05, 4.69) is 10.3 Å². The second-order valence-electron chi connectivity index (χ2n) is 5.94. The quantitative estimate of drug-likeness (QED) is 0.680. The van der Waals surface area contributed by atoms with E-state index in [0.717, 1.165) is 12.1 Å². The zero-order valence-corrected chi connectivity index (χ0v) is 14.2. The predicted molar refractivity (Wildman–Crippen MR) is 90.8 cm³/mol. The summed E-state index contributed by atoms with van der Waals surface area (Å²) in [5, 5.41) is 2.66. The van der Waals surface area contributed by atoms with E-state index in [1.54, 1.807) is 6.92 Å². The van der Waals surface area contributed by atoms with Crippen LogP contribution in [0.3, 0.4) is 0 Å². The predicted octanol–water partition coefficient (Wildman–Crippen LogP) is 4.52. The Balaban J connectivity index is 1.80. The van der Waals surface area contributed by atoms with Crippen molar-refractivity contribution in [1.82, 2.24) is 14.9 Å². The first-order chi connectivity index (χ1) is 12.8. The Morgan fingerprint density at radius 1 is 1.15 bits per heavy atom. The highest BCUT2D eigenvalue weighted by atomic mass is 19.4. The molecular weight excluding hydrogens is 362 g/mol. The number of hydrogen-bond donors (Lipinski definition) is 1. The van der Waals surface area contributed by atoms with Gasteiger partial charge >= 0.3 is 6.18 Å². The van der Waals surface area contributed by atoms with Crippen molar-refractivity contribution < 1.29 is 22.4 Å². The number of aromatic nitrogens is 2. The molecule has 0 saturated heterocycles. The van der Waals surface area contributed by atoms with Crippen LogP contribution in [0.1, 0.15) is 34.6 Å². The molecule has 0 aliphatic carbocycles. The van der Waals surface area contributed by atoms with Crippen LogP contribution in [0.5, 0.6) is 0 Å². The van der Waals surface area contributed by atoms with E-state index in [1.807, 2.05) is 0 Å². The number of amides is 1. The topological polar surface area (TPSA) is 46.9 Å². The molecule has 140 valence electrons. The third-order valence-electron chi connectivity index (χ3n) is 4.04. The fourth-order valence-corrected chi connectivity index (χ4v) is 2.61. The van der Waals surface area contributed by atoms with Crippen LogP contribution in [0.25, 0.3) is 5.69 Å². The molecule has 4 nitrogen and oxygen atoms in total. The van der Waals surface area contributed by atoms with Gasteiger partial charge in [0.2, 0.25) is 0 Å². The highest BCUT2D eigenvalue weighted by Gasteiger charge is 2.30. The van der Waals surface area contributed by atoms with Gasteiger partial charge in [-0.15, -0.1) is 0 Å². The molecule has 8 heteroatoms. The van der Waals surface area contributed by atoms with Gasteiger partial charge < -0.3 is 5.32 Å². The van der Waals surface area contributed by atoms with Crippen LogP contribution >= 0.6 is 0 Å². The average Bonchev–Trinajstić information content (AvgIpc) is 3.11. The highest BCUT2D eigenvalue weighted by molar-refractivity contribution is 5.93. The number of halogens is 4. The summed E-state index contributed by atoms with van der Waals surface area (Å²) in [4.78, 5) is 16.5. The maximum absolute atomic E-state index is 13.1. The fraction of sp³-hybridized carbons (Fsp3) is 0.158. The van der Waals surface area contributed by atoms with Crippen molar-refractivity contribution >= 4 is 5.91 Å². The normalized spacial score (nSPS) is 12.6. The molecule has 27 heavy (non-hydrogen) atoms. The van der Waals surface area contributed by atoms with E-state index >= 15 is 0 Å². The Morgan fingerprint density at radius 2 is 1.85 bits per heavy atom. The van der Waals surface area contributed by atoms with E-state index in [0.29, 0.717) is 11.3 Å². The molecule has 1 atom stereocenters. The first kappa shape index (κ1) is 18.6. The van der Waals surface area contributed by atoms with Gasteiger partial charge in [0.25, 0.3) is 5.91 Å². The summed E-state index contributed by atoms with van der Waals surface area (Å²) in [6, 6.07) is 9.61. The molecule has 1 unspecified atom stereocenters. The van der Waals surface area contributed by atoms with Gasteiger partial charge in [-0.2, -0.15) is 13.2 Å². The lowest BCUT2D eigenvalue weighted by atomic mass is 10.0. The number of alkyl halides is 3. The molecule has 0 aliphatic heterocycles. The fourth-order valence-electron chi connectivity index (χ4n) is 2.61. The Morgan fingerprint density at radius 3 is 2.52 bits per heavy atom. The summed E-state index contributed by atoms with van der Waals surface area (Å²) < 4.78 is 53.1. The highest BCUT2D eigenvalue weighted by Crippen LogP contribution is 2.30. The van der Waals surface area contributed by atoms with Gasteiger partial charge in [-0.1, -0.05) is 12.1 Å². The number of benzene rings is 2. The molecular formula is C19H15F4N3O. The van der Waals surface area contributed by atoms with Crippen molar-refractivity contribution in [2.45, 2.75) is 19.1 Å². The molecule has 1 amide bonds. The molecule has 2 aromatic carbocycles. The molecule has 0 saturated carbocycles. The number of nitrogens with zero attached hydrogens (tertiary/aromatic N) is 2. The van der Waals surface area contributed by atoms with Crippen LogP contribution in [0.2, 0.25) is 0 Å². The van der Waals surface area contributed by atoms with E-state index in [1.165, 1.54) is 53.5 Å². The van der Waals surface area contributed by atoms with Gasteiger partial charge in [0.15, 0.2) is 0 Å². The Bertz CT molecular complexity index is 948. The minimum atomic E-state index is -4.46. The summed E-state index contributed by atoms with van der Waals surface area (Å²) in [6.45, 7) is 1.59. The molecule has 0 bridgehead atoms. The summed E-state index contributed by atoms with van der Waals surface area (Å²) >= 11 is 0. The number of carbonyl (C=O) groups is 1. The summed E-state index contributed by atoms with van der Waals surface area (Å²) in [5.74, 6) is -0.926. The molecule has 0 radical (unpaired) electrons. The number of rotatable bonds is 4. The van der Waals surface area contributed by atoms with Gasteiger partial charge in [0, 0.05) is 5.69 Å². The molecule has 0 spiro atoms. The minimum absolute atomic E-state index is 0.181. The van der Waals surface area contributed by atoms with Gasteiger partial charge in [-0.3, -0.25) is 9.36 Å². The van der Waals surface area contributed by atoms with Crippen molar-refractivity contribution in [3.05, 3.63) is 83.7 Å². The van der Waals surface area contributed by atoms with Crippen LogP contribution in [0.15, 0.2) is 61.1 Å². The van der Waals surface area contributed by atoms with Gasteiger partial charge in [-0.05, 0) is 48.9 Å². The minimum Gasteiger partial charge on any atom is -0.344 e. The number of imidazole rings is 1. The number of hydrogen-bond acceptors (Lipinski definition) is 2. The van der Waals surface area contributed by atoms with E-state index in [9.17, 15) is 22.4 Å². The van der Waals surface area contributed by atoms with Gasteiger partial charge in [0.1, 0.15) is 11.5 Å². The summed E-state index contributed by atoms with van der Waals surface area (Å²) in [5.41, 5.74) is 0.259. The van der Waals surface area contributed by atoms with Crippen molar-refractivity contribution in [2.24, 2.45) is 0 Å². The van der Waals surface area contributed by atoms with Crippen molar-refractivity contribution in [3.63, 3.8) is 0 Å². The largest absolute Gasteiger partial charge is 0.416 e. The monoisotopic (exact) mass is 377 g/mol. The third-order valence-corrected chi connectivity index (χ3v) is 4.04. The molecule has 1 aromatic heterocycles. The van der Waals surface area contributed by atoms with Crippen molar-refractivity contribution in [1.29, 1.82) is 0 Å². The second-order valence-corrected chi connectivity index (χ2v) is 5.94. The van der Waals surface area contributed by atoms with Gasteiger partial charge in [0.05, 0.1) is 24.1 Å². The lowest BCUT2D eigenvalue weighted by Crippen LogP contribution is -2.28. The van der Waals surface area contributed by atoms with Crippen LogP contribution in [0, 0.1) is 5.82 Å². The smallest absolute Gasteiger partial charge is 0.344 e. The lowest BCUT2D eigenvalue weighted by Gasteiger charge is -2.17. The van der Waals surface area contributed by atoms with Crippen LogP contribution < -0.4 is 5.32 Å². The van der Waals surface area contributed by atoms with Gasteiger partial charge in [-0.25, -0.2) is 9.37 Å². The maximum atomic E-state index is 13.1.